The SMILES string of the molecule is COc1ccc(N(C(=O)C2CC2)[C@H]2CC[C@@H](Nc3ncc(C)c(N(C)C)n3)CC2)cc1. The van der Waals surface area contributed by atoms with E-state index in [-0.39, 0.29) is 17.9 Å². The summed E-state index contributed by atoms with van der Waals surface area (Å²) in [5.41, 5.74) is 2.04. The van der Waals surface area contributed by atoms with Crippen LogP contribution < -0.4 is 19.9 Å². The largest absolute Gasteiger partial charge is 0.497 e. The van der Waals surface area contributed by atoms with Crippen molar-refractivity contribution in [2.45, 2.75) is 57.5 Å². The summed E-state index contributed by atoms with van der Waals surface area (Å²) in [6, 6.07) is 8.44. The van der Waals surface area contributed by atoms with Gasteiger partial charge in [0.2, 0.25) is 11.9 Å². The summed E-state index contributed by atoms with van der Waals surface area (Å²) in [4.78, 5) is 26.3. The number of hydrogen-bond acceptors (Lipinski definition) is 6. The minimum absolute atomic E-state index is 0.198. The van der Waals surface area contributed by atoms with Crippen LogP contribution in [0.3, 0.4) is 0 Å². The molecule has 31 heavy (non-hydrogen) atoms. The standard InChI is InChI=1S/C24H33N5O2/c1-16-15-25-24(27-22(16)28(2)3)26-18-7-9-19(10-8-18)29(23(30)17-5-6-17)20-11-13-21(31-4)14-12-20/h11-15,17-19H,5-10H2,1-4H3,(H,25,26,27)/t18-,19+. The fourth-order valence-electron chi connectivity index (χ4n) is 4.40. The van der Waals surface area contributed by atoms with E-state index in [0.717, 1.165) is 61.3 Å². The van der Waals surface area contributed by atoms with Crippen LogP contribution >= 0.6 is 0 Å². The molecule has 0 atom stereocenters. The van der Waals surface area contributed by atoms with Gasteiger partial charge in [-0.15, -0.1) is 0 Å². The lowest BCUT2D eigenvalue weighted by atomic mass is 9.89. The van der Waals surface area contributed by atoms with Crippen molar-refractivity contribution in [2.24, 2.45) is 5.92 Å². The summed E-state index contributed by atoms with van der Waals surface area (Å²) in [5, 5.41) is 3.51. The van der Waals surface area contributed by atoms with Crippen molar-refractivity contribution in [3.05, 3.63) is 36.0 Å². The molecule has 2 aliphatic carbocycles. The Hall–Kier alpha value is -2.83. The molecule has 7 nitrogen and oxygen atoms in total. The lowest BCUT2D eigenvalue weighted by molar-refractivity contribution is -0.120. The molecule has 1 amide bonds. The van der Waals surface area contributed by atoms with Crippen LogP contribution in [0.2, 0.25) is 0 Å². The van der Waals surface area contributed by atoms with Gasteiger partial charge >= 0.3 is 0 Å². The van der Waals surface area contributed by atoms with E-state index in [9.17, 15) is 4.79 Å². The highest BCUT2D eigenvalue weighted by atomic mass is 16.5. The van der Waals surface area contributed by atoms with Crippen LogP contribution in [0.5, 0.6) is 5.75 Å². The first-order chi connectivity index (χ1) is 15.0. The second-order valence-corrected chi connectivity index (χ2v) is 8.92. The second-order valence-electron chi connectivity index (χ2n) is 8.92. The lowest BCUT2D eigenvalue weighted by Gasteiger charge is -2.37. The molecule has 2 aromatic rings. The van der Waals surface area contributed by atoms with Crippen LogP contribution in [0.1, 0.15) is 44.1 Å². The number of nitrogens with zero attached hydrogens (tertiary/aromatic N) is 4. The van der Waals surface area contributed by atoms with E-state index in [1.807, 2.05) is 56.4 Å². The Morgan fingerprint density at radius 2 is 1.74 bits per heavy atom. The second kappa shape index (κ2) is 9.12. The van der Waals surface area contributed by atoms with Gasteiger partial charge in [-0.2, -0.15) is 4.98 Å². The number of aryl methyl sites for hydroxylation is 1. The number of benzene rings is 1. The number of rotatable bonds is 7. The topological polar surface area (TPSA) is 70.6 Å². The monoisotopic (exact) mass is 423 g/mol. The van der Waals surface area contributed by atoms with Gasteiger partial charge in [-0.1, -0.05) is 0 Å². The molecule has 2 fully saturated rings. The van der Waals surface area contributed by atoms with Gasteiger partial charge in [0.05, 0.1) is 7.11 Å². The van der Waals surface area contributed by atoms with Crippen molar-refractivity contribution >= 4 is 23.4 Å². The molecule has 1 heterocycles. The molecule has 0 saturated heterocycles. The number of hydrogen-bond donors (Lipinski definition) is 1. The average molecular weight is 424 g/mol. The average Bonchev–Trinajstić information content (AvgIpc) is 3.62. The number of amides is 1. The molecule has 166 valence electrons. The molecule has 0 spiro atoms. The van der Waals surface area contributed by atoms with Crippen molar-refractivity contribution < 1.29 is 9.53 Å². The van der Waals surface area contributed by atoms with Crippen LogP contribution in [-0.2, 0) is 4.79 Å². The zero-order valence-corrected chi connectivity index (χ0v) is 19.0. The number of ether oxygens (including phenoxy) is 1. The van der Waals surface area contributed by atoms with Crippen molar-refractivity contribution in [1.82, 2.24) is 9.97 Å². The molecule has 2 saturated carbocycles. The van der Waals surface area contributed by atoms with Crippen LogP contribution in [0, 0.1) is 12.8 Å². The predicted octanol–water partition coefficient (Wildman–Crippen LogP) is 4.03. The van der Waals surface area contributed by atoms with Crippen molar-refractivity contribution in [1.29, 1.82) is 0 Å². The summed E-state index contributed by atoms with van der Waals surface area (Å²) >= 11 is 0. The normalized spacial score (nSPS) is 20.8. The fraction of sp³-hybridized carbons (Fsp3) is 0.542. The quantitative estimate of drug-likeness (QED) is 0.725. The zero-order chi connectivity index (χ0) is 22.0. The maximum Gasteiger partial charge on any atom is 0.230 e. The third-order valence-electron chi connectivity index (χ3n) is 6.28. The Kier molecular flexibility index (Phi) is 6.30. The molecule has 0 bridgehead atoms. The zero-order valence-electron chi connectivity index (χ0n) is 19.0. The van der Waals surface area contributed by atoms with Gasteiger partial charge < -0.3 is 19.9 Å². The van der Waals surface area contributed by atoms with E-state index in [1.165, 1.54) is 0 Å². The Bertz CT molecular complexity index is 903. The van der Waals surface area contributed by atoms with Crippen molar-refractivity contribution in [2.75, 3.05) is 36.3 Å². The number of methoxy groups -OCH3 is 1. The molecule has 1 N–H and O–H groups in total. The van der Waals surface area contributed by atoms with Gasteiger partial charge in [0.15, 0.2) is 0 Å². The summed E-state index contributed by atoms with van der Waals surface area (Å²) < 4.78 is 5.29. The van der Waals surface area contributed by atoms with Crippen molar-refractivity contribution in [3.8, 4) is 5.75 Å². The molecule has 4 rings (SSSR count). The van der Waals surface area contributed by atoms with Crippen molar-refractivity contribution in [3.63, 3.8) is 0 Å². The molecule has 1 aromatic carbocycles. The molecule has 2 aliphatic rings. The third-order valence-corrected chi connectivity index (χ3v) is 6.28. The Balaban J connectivity index is 1.43. The first-order valence-corrected chi connectivity index (χ1v) is 11.2. The summed E-state index contributed by atoms with van der Waals surface area (Å²) in [5.74, 6) is 2.90. The van der Waals surface area contributed by atoms with E-state index in [0.29, 0.717) is 12.0 Å². The van der Waals surface area contributed by atoms with Crippen LogP contribution in [-0.4, -0.2) is 49.2 Å². The van der Waals surface area contributed by atoms with Gasteiger partial charge in [0.25, 0.3) is 0 Å². The molecule has 0 radical (unpaired) electrons. The highest BCUT2D eigenvalue weighted by Crippen LogP contribution is 2.37. The molecule has 7 heteroatoms. The molecule has 0 unspecified atom stereocenters. The number of carbonyl (C=O) groups excluding carboxylic acids is 1. The van der Waals surface area contributed by atoms with Gasteiger partial charge in [0.1, 0.15) is 11.6 Å². The Morgan fingerprint density at radius 1 is 1.06 bits per heavy atom. The minimum atomic E-state index is 0.198. The first-order valence-electron chi connectivity index (χ1n) is 11.2. The maximum absolute atomic E-state index is 13.1. The number of aromatic nitrogens is 2. The molecule has 0 aliphatic heterocycles. The van der Waals surface area contributed by atoms with E-state index in [1.54, 1.807) is 7.11 Å². The van der Waals surface area contributed by atoms with E-state index >= 15 is 0 Å². The highest BCUT2D eigenvalue weighted by molar-refractivity contribution is 5.97. The molecular weight excluding hydrogens is 390 g/mol. The fourth-order valence-corrected chi connectivity index (χ4v) is 4.40. The minimum Gasteiger partial charge on any atom is -0.497 e. The van der Waals surface area contributed by atoms with Crippen LogP contribution in [0.15, 0.2) is 30.5 Å². The van der Waals surface area contributed by atoms with Crippen LogP contribution in [0.4, 0.5) is 17.5 Å². The van der Waals surface area contributed by atoms with E-state index < -0.39 is 0 Å². The number of nitrogens with one attached hydrogen (secondary N) is 1. The summed E-state index contributed by atoms with van der Waals surface area (Å²) in [6.45, 7) is 2.02. The lowest BCUT2D eigenvalue weighted by Crippen LogP contribution is -2.45. The molecular formula is C24H33N5O2. The number of anilines is 3. The summed E-state index contributed by atoms with van der Waals surface area (Å²) in [6.07, 6.45) is 7.81. The Morgan fingerprint density at radius 3 is 2.32 bits per heavy atom. The van der Waals surface area contributed by atoms with E-state index in [4.69, 9.17) is 4.74 Å². The summed E-state index contributed by atoms with van der Waals surface area (Å²) in [7, 11) is 5.65. The smallest absolute Gasteiger partial charge is 0.230 e. The highest BCUT2D eigenvalue weighted by Gasteiger charge is 2.38. The first kappa shape index (κ1) is 21.4. The third kappa shape index (κ3) is 4.92. The van der Waals surface area contributed by atoms with Gasteiger partial charge in [0, 0.05) is 49.5 Å². The predicted molar refractivity (Wildman–Crippen MR) is 124 cm³/mol. The number of carbonyl (C=O) groups is 1. The van der Waals surface area contributed by atoms with Gasteiger partial charge in [-0.05, 0) is 69.7 Å². The van der Waals surface area contributed by atoms with Gasteiger partial charge in [-0.25, -0.2) is 4.98 Å². The van der Waals surface area contributed by atoms with Crippen LogP contribution in [0.25, 0.3) is 0 Å². The Labute approximate surface area is 184 Å². The van der Waals surface area contributed by atoms with E-state index in [2.05, 4.69) is 20.2 Å². The molecule has 1 aromatic heterocycles. The van der Waals surface area contributed by atoms with Gasteiger partial charge in [-0.3, -0.25) is 4.79 Å². The maximum atomic E-state index is 13.1.